The van der Waals surface area contributed by atoms with Crippen molar-refractivity contribution in [3.8, 4) is 0 Å². The molecule has 3 rings (SSSR count). The second-order valence-corrected chi connectivity index (χ2v) is 6.17. The molecule has 2 fully saturated rings. The van der Waals surface area contributed by atoms with Gasteiger partial charge in [-0.3, -0.25) is 4.90 Å². The van der Waals surface area contributed by atoms with Gasteiger partial charge in [0, 0.05) is 43.9 Å². The van der Waals surface area contributed by atoms with E-state index < -0.39 is 0 Å². The van der Waals surface area contributed by atoms with Crippen LogP contribution in [0.5, 0.6) is 0 Å². The summed E-state index contributed by atoms with van der Waals surface area (Å²) in [6.07, 6.45) is 6.06. The Kier molecular flexibility index (Phi) is 4.20. The van der Waals surface area contributed by atoms with Gasteiger partial charge in [0.05, 0.1) is 0 Å². The normalized spacial score (nSPS) is 23.7. The molecule has 20 heavy (non-hydrogen) atoms. The Morgan fingerprint density at radius 2 is 2.05 bits per heavy atom. The molecule has 1 atom stereocenters. The van der Waals surface area contributed by atoms with Crippen molar-refractivity contribution < 1.29 is 0 Å². The average Bonchev–Trinajstić information content (AvgIpc) is 2.75. The van der Waals surface area contributed by atoms with Crippen molar-refractivity contribution in [1.29, 1.82) is 0 Å². The zero-order valence-electron chi connectivity index (χ0n) is 12.8. The Bertz CT molecular complexity index is 460. The summed E-state index contributed by atoms with van der Waals surface area (Å²) in [7, 11) is 0. The number of fused-ring (bicyclic) bond motifs is 1. The van der Waals surface area contributed by atoms with E-state index >= 15 is 0 Å². The van der Waals surface area contributed by atoms with Gasteiger partial charge in [-0.05, 0) is 39.2 Å². The summed E-state index contributed by atoms with van der Waals surface area (Å²) in [5.74, 6) is 2.16. The number of hydrogen-bond donors (Lipinski definition) is 0. The number of aryl methyl sites for hydroxylation is 2. The maximum absolute atomic E-state index is 4.80. The van der Waals surface area contributed by atoms with E-state index in [1.54, 1.807) is 0 Å². The van der Waals surface area contributed by atoms with E-state index in [0.29, 0.717) is 0 Å². The van der Waals surface area contributed by atoms with Crippen LogP contribution in [-0.2, 0) is 6.42 Å². The minimum absolute atomic E-state index is 0.738. The Morgan fingerprint density at radius 1 is 1.20 bits per heavy atom. The first-order chi connectivity index (χ1) is 9.76. The lowest BCUT2D eigenvalue weighted by atomic mass is 10.2. The predicted octanol–water partition coefficient (Wildman–Crippen LogP) is 2.41. The first kappa shape index (κ1) is 13.8. The first-order valence-electron chi connectivity index (χ1n) is 8.10. The molecular weight excluding hydrogens is 248 g/mol. The van der Waals surface area contributed by atoms with Gasteiger partial charge in [0.1, 0.15) is 11.6 Å². The molecule has 0 spiro atoms. The molecule has 0 N–H and O–H groups in total. The Balaban J connectivity index is 1.80. The molecular formula is C16H26N4. The van der Waals surface area contributed by atoms with E-state index in [4.69, 9.17) is 4.98 Å². The van der Waals surface area contributed by atoms with Crippen LogP contribution in [0.15, 0.2) is 6.07 Å². The molecule has 4 nitrogen and oxygen atoms in total. The molecule has 0 amide bonds. The summed E-state index contributed by atoms with van der Waals surface area (Å²) in [4.78, 5) is 14.5. The second kappa shape index (κ2) is 6.08. The number of hydrogen-bond acceptors (Lipinski definition) is 4. The highest BCUT2D eigenvalue weighted by Crippen LogP contribution is 2.24. The van der Waals surface area contributed by atoms with Crippen molar-refractivity contribution in [2.24, 2.45) is 0 Å². The molecule has 110 valence electrons. The zero-order chi connectivity index (χ0) is 13.9. The maximum Gasteiger partial charge on any atom is 0.132 e. The number of rotatable bonds is 3. The standard InChI is InChI=1S/C16H26N4/c1-3-6-15-17-13(2)11-16(18-15)20-10-5-9-19-8-4-7-14(19)12-20/h11,14H,3-10,12H2,1-2H3/t14-/m0/s1. The molecule has 0 bridgehead atoms. The van der Waals surface area contributed by atoms with E-state index in [0.717, 1.165) is 49.3 Å². The van der Waals surface area contributed by atoms with Gasteiger partial charge < -0.3 is 4.90 Å². The van der Waals surface area contributed by atoms with Crippen molar-refractivity contribution in [2.75, 3.05) is 31.1 Å². The lowest BCUT2D eigenvalue weighted by Gasteiger charge is -2.26. The van der Waals surface area contributed by atoms with Crippen LogP contribution in [0, 0.1) is 6.92 Å². The number of anilines is 1. The third-order valence-corrected chi connectivity index (χ3v) is 4.49. The molecule has 4 heteroatoms. The van der Waals surface area contributed by atoms with E-state index in [1.165, 1.54) is 32.4 Å². The fraction of sp³-hybridized carbons (Fsp3) is 0.750. The Morgan fingerprint density at radius 3 is 2.90 bits per heavy atom. The summed E-state index contributed by atoms with van der Waals surface area (Å²) >= 11 is 0. The number of nitrogens with zero attached hydrogens (tertiary/aromatic N) is 4. The average molecular weight is 274 g/mol. The summed E-state index contributed by atoms with van der Waals surface area (Å²) in [5.41, 5.74) is 1.10. The molecule has 0 saturated carbocycles. The van der Waals surface area contributed by atoms with Gasteiger partial charge in [-0.25, -0.2) is 9.97 Å². The predicted molar refractivity (Wildman–Crippen MR) is 82.2 cm³/mol. The van der Waals surface area contributed by atoms with Crippen LogP contribution in [0.2, 0.25) is 0 Å². The lowest BCUT2D eigenvalue weighted by molar-refractivity contribution is 0.273. The van der Waals surface area contributed by atoms with Gasteiger partial charge in [-0.2, -0.15) is 0 Å². The van der Waals surface area contributed by atoms with Gasteiger partial charge in [-0.15, -0.1) is 0 Å². The van der Waals surface area contributed by atoms with Crippen LogP contribution < -0.4 is 4.90 Å². The molecule has 2 saturated heterocycles. The van der Waals surface area contributed by atoms with Gasteiger partial charge in [0.25, 0.3) is 0 Å². The SMILES string of the molecule is CCCc1nc(C)cc(N2CCCN3CCC[C@H]3C2)n1. The fourth-order valence-electron chi connectivity index (χ4n) is 3.52. The van der Waals surface area contributed by atoms with E-state index in [1.807, 2.05) is 0 Å². The molecule has 0 aromatic carbocycles. The van der Waals surface area contributed by atoms with E-state index in [-0.39, 0.29) is 0 Å². The van der Waals surface area contributed by atoms with Gasteiger partial charge in [0.15, 0.2) is 0 Å². The zero-order valence-corrected chi connectivity index (χ0v) is 12.8. The minimum Gasteiger partial charge on any atom is -0.355 e. The topological polar surface area (TPSA) is 32.3 Å². The van der Waals surface area contributed by atoms with Gasteiger partial charge in [-0.1, -0.05) is 6.92 Å². The van der Waals surface area contributed by atoms with Crippen molar-refractivity contribution in [3.63, 3.8) is 0 Å². The molecule has 1 aromatic rings. The van der Waals surface area contributed by atoms with Crippen LogP contribution in [0.1, 0.15) is 44.1 Å². The summed E-state index contributed by atoms with van der Waals surface area (Å²) < 4.78 is 0. The smallest absolute Gasteiger partial charge is 0.132 e. The quantitative estimate of drug-likeness (QED) is 0.847. The molecule has 3 heterocycles. The van der Waals surface area contributed by atoms with E-state index in [9.17, 15) is 0 Å². The fourth-order valence-corrected chi connectivity index (χ4v) is 3.52. The molecule has 0 aliphatic carbocycles. The Labute approximate surface area is 122 Å². The van der Waals surface area contributed by atoms with Crippen LogP contribution in [-0.4, -0.2) is 47.1 Å². The number of aromatic nitrogens is 2. The van der Waals surface area contributed by atoms with E-state index in [2.05, 4.69) is 34.7 Å². The highest BCUT2D eigenvalue weighted by molar-refractivity contribution is 5.40. The van der Waals surface area contributed by atoms with Crippen LogP contribution in [0.4, 0.5) is 5.82 Å². The van der Waals surface area contributed by atoms with Crippen molar-refractivity contribution in [1.82, 2.24) is 14.9 Å². The summed E-state index contributed by atoms with van der Waals surface area (Å²) in [6, 6.07) is 2.89. The molecule has 1 aromatic heterocycles. The van der Waals surface area contributed by atoms with Gasteiger partial charge in [0.2, 0.25) is 0 Å². The minimum atomic E-state index is 0.738. The molecule has 0 radical (unpaired) electrons. The summed E-state index contributed by atoms with van der Waals surface area (Å²) in [6.45, 7) is 9.10. The Hall–Kier alpha value is -1.16. The first-order valence-corrected chi connectivity index (χ1v) is 8.10. The summed E-state index contributed by atoms with van der Waals surface area (Å²) in [5, 5.41) is 0. The van der Waals surface area contributed by atoms with Crippen molar-refractivity contribution >= 4 is 5.82 Å². The van der Waals surface area contributed by atoms with Crippen LogP contribution in [0.3, 0.4) is 0 Å². The van der Waals surface area contributed by atoms with Crippen molar-refractivity contribution in [2.45, 2.75) is 52.0 Å². The molecule has 2 aliphatic heterocycles. The lowest BCUT2D eigenvalue weighted by Crippen LogP contribution is -2.37. The monoisotopic (exact) mass is 274 g/mol. The third-order valence-electron chi connectivity index (χ3n) is 4.49. The van der Waals surface area contributed by atoms with Crippen LogP contribution >= 0.6 is 0 Å². The molecule has 0 unspecified atom stereocenters. The highest BCUT2D eigenvalue weighted by Gasteiger charge is 2.29. The second-order valence-electron chi connectivity index (χ2n) is 6.17. The molecule has 2 aliphatic rings. The van der Waals surface area contributed by atoms with Gasteiger partial charge >= 0.3 is 0 Å². The largest absolute Gasteiger partial charge is 0.355 e. The maximum atomic E-state index is 4.80. The third kappa shape index (κ3) is 2.95. The highest BCUT2D eigenvalue weighted by atomic mass is 15.3. The van der Waals surface area contributed by atoms with Crippen molar-refractivity contribution in [3.05, 3.63) is 17.6 Å². The van der Waals surface area contributed by atoms with Crippen LogP contribution in [0.25, 0.3) is 0 Å².